The van der Waals surface area contributed by atoms with Crippen LogP contribution in [0.25, 0.3) is 11.3 Å². The number of amides is 1. The molecule has 0 saturated carbocycles. The van der Waals surface area contributed by atoms with Crippen LogP contribution < -0.4 is 4.90 Å². The van der Waals surface area contributed by atoms with Gasteiger partial charge in [-0.2, -0.15) is 0 Å². The molecule has 0 radical (unpaired) electrons. The van der Waals surface area contributed by atoms with Crippen molar-refractivity contribution in [3.8, 4) is 11.3 Å². The summed E-state index contributed by atoms with van der Waals surface area (Å²) in [7, 11) is 0. The lowest BCUT2D eigenvalue weighted by molar-refractivity contribution is -0.131. The van der Waals surface area contributed by atoms with E-state index >= 15 is 0 Å². The normalized spacial score (nSPS) is 14.4. The molecule has 5 nitrogen and oxygen atoms in total. The first kappa shape index (κ1) is 17.7. The van der Waals surface area contributed by atoms with Crippen molar-refractivity contribution in [3.05, 3.63) is 65.1 Å². The number of anilines is 1. The van der Waals surface area contributed by atoms with Crippen LogP contribution >= 0.6 is 11.3 Å². The van der Waals surface area contributed by atoms with E-state index in [-0.39, 0.29) is 5.91 Å². The summed E-state index contributed by atoms with van der Waals surface area (Å²) in [4.78, 5) is 25.8. The number of rotatable bonds is 5. The number of aromatic nitrogens is 2. The molecule has 3 aromatic rings. The molecule has 1 fully saturated rings. The molecule has 1 amide bonds. The first-order valence-electron chi connectivity index (χ1n) is 9.23. The van der Waals surface area contributed by atoms with Gasteiger partial charge in [-0.25, -0.2) is 9.97 Å². The van der Waals surface area contributed by atoms with Crippen LogP contribution in [0.15, 0.2) is 60.1 Å². The van der Waals surface area contributed by atoms with Crippen molar-refractivity contribution in [2.75, 3.05) is 31.1 Å². The maximum Gasteiger partial charge on any atom is 0.223 e. The largest absolute Gasteiger partial charge is 0.353 e. The molecule has 1 saturated heterocycles. The number of benzene rings is 1. The van der Waals surface area contributed by atoms with Crippen LogP contribution in [0, 0.1) is 0 Å². The van der Waals surface area contributed by atoms with Crippen molar-refractivity contribution in [2.45, 2.75) is 12.8 Å². The summed E-state index contributed by atoms with van der Waals surface area (Å²) in [6.45, 7) is 3.17. The second kappa shape index (κ2) is 8.31. The minimum absolute atomic E-state index is 0.215. The topological polar surface area (TPSA) is 49.3 Å². The standard InChI is InChI=1S/C21H22N4OS/c26-21(25-14-12-24(13-15-25)19-8-4-5-11-22-19)10-9-20-23-18(16-27-20)17-6-2-1-3-7-17/h1-8,11,16H,9-10,12-15H2. The van der Waals surface area contributed by atoms with Gasteiger partial charge in [0.1, 0.15) is 5.82 Å². The van der Waals surface area contributed by atoms with Gasteiger partial charge in [0.25, 0.3) is 0 Å². The van der Waals surface area contributed by atoms with Crippen LogP contribution in [0.3, 0.4) is 0 Å². The van der Waals surface area contributed by atoms with Gasteiger partial charge in [0.05, 0.1) is 10.7 Å². The highest BCUT2D eigenvalue weighted by atomic mass is 32.1. The second-order valence-corrected chi connectivity index (χ2v) is 7.49. The molecule has 4 rings (SSSR count). The van der Waals surface area contributed by atoms with Crippen molar-refractivity contribution >= 4 is 23.1 Å². The molecule has 6 heteroatoms. The molecule has 1 aromatic carbocycles. The van der Waals surface area contributed by atoms with Gasteiger partial charge in [0.2, 0.25) is 5.91 Å². The summed E-state index contributed by atoms with van der Waals surface area (Å²) >= 11 is 1.63. The number of aryl methyl sites for hydroxylation is 1. The summed E-state index contributed by atoms with van der Waals surface area (Å²) < 4.78 is 0. The van der Waals surface area contributed by atoms with E-state index in [4.69, 9.17) is 0 Å². The predicted molar refractivity (Wildman–Crippen MR) is 109 cm³/mol. The number of hydrogen-bond acceptors (Lipinski definition) is 5. The third-order valence-corrected chi connectivity index (χ3v) is 5.69. The predicted octanol–water partition coefficient (Wildman–Crippen LogP) is 3.49. The molecule has 27 heavy (non-hydrogen) atoms. The zero-order chi connectivity index (χ0) is 18.5. The van der Waals surface area contributed by atoms with Crippen LogP contribution in [-0.4, -0.2) is 47.0 Å². The van der Waals surface area contributed by atoms with Gasteiger partial charge >= 0.3 is 0 Å². The molecule has 3 heterocycles. The first-order chi connectivity index (χ1) is 13.3. The molecule has 0 bridgehead atoms. The SMILES string of the molecule is O=C(CCc1nc(-c2ccccc2)cs1)N1CCN(c2ccccn2)CC1. The number of piperazine rings is 1. The van der Waals surface area contributed by atoms with Gasteiger partial charge in [-0.05, 0) is 12.1 Å². The molecule has 138 valence electrons. The van der Waals surface area contributed by atoms with Crippen LogP contribution in [-0.2, 0) is 11.2 Å². The van der Waals surface area contributed by atoms with E-state index in [1.54, 1.807) is 11.3 Å². The van der Waals surface area contributed by atoms with E-state index in [1.165, 1.54) is 0 Å². The fourth-order valence-corrected chi connectivity index (χ4v) is 4.07. The Kier molecular flexibility index (Phi) is 5.44. The lowest BCUT2D eigenvalue weighted by atomic mass is 10.2. The summed E-state index contributed by atoms with van der Waals surface area (Å²) in [5.74, 6) is 1.20. The minimum atomic E-state index is 0.215. The van der Waals surface area contributed by atoms with Gasteiger partial charge in [0.15, 0.2) is 0 Å². The summed E-state index contributed by atoms with van der Waals surface area (Å²) in [5.41, 5.74) is 2.11. The number of carbonyl (C=O) groups is 1. The molecule has 2 aromatic heterocycles. The van der Waals surface area contributed by atoms with Crippen molar-refractivity contribution in [1.29, 1.82) is 0 Å². The van der Waals surface area contributed by atoms with Gasteiger partial charge < -0.3 is 9.80 Å². The Hall–Kier alpha value is -2.73. The number of thiazole rings is 1. The molecular weight excluding hydrogens is 356 g/mol. The smallest absolute Gasteiger partial charge is 0.223 e. The molecule has 0 aliphatic carbocycles. The van der Waals surface area contributed by atoms with Crippen molar-refractivity contribution < 1.29 is 4.79 Å². The molecule has 0 atom stereocenters. The molecule has 0 spiro atoms. The zero-order valence-corrected chi connectivity index (χ0v) is 15.9. The zero-order valence-electron chi connectivity index (χ0n) is 15.1. The minimum Gasteiger partial charge on any atom is -0.353 e. The molecule has 0 unspecified atom stereocenters. The molecule has 1 aliphatic rings. The maximum atomic E-state index is 12.6. The van der Waals surface area contributed by atoms with Gasteiger partial charge in [0, 0.05) is 56.2 Å². The summed E-state index contributed by atoms with van der Waals surface area (Å²) in [6.07, 6.45) is 3.03. The van der Waals surface area contributed by atoms with Crippen LogP contribution in [0.4, 0.5) is 5.82 Å². The van der Waals surface area contributed by atoms with Crippen LogP contribution in [0.1, 0.15) is 11.4 Å². The number of nitrogens with zero attached hydrogens (tertiary/aromatic N) is 4. The third-order valence-electron chi connectivity index (χ3n) is 4.78. The maximum absolute atomic E-state index is 12.6. The fraction of sp³-hybridized carbons (Fsp3) is 0.286. The second-order valence-electron chi connectivity index (χ2n) is 6.55. The lowest BCUT2D eigenvalue weighted by Gasteiger charge is -2.35. The van der Waals surface area contributed by atoms with Crippen LogP contribution in [0.2, 0.25) is 0 Å². The van der Waals surface area contributed by atoms with Crippen molar-refractivity contribution in [1.82, 2.24) is 14.9 Å². The number of hydrogen-bond donors (Lipinski definition) is 0. The Morgan fingerprint density at radius 3 is 2.52 bits per heavy atom. The fourth-order valence-electron chi connectivity index (χ4n) is 3.26. The highest BCUT2D eigenvalue weighted by molar-refractivity contribution is 7.09. The molecule has 1 aliphatic heterocycles. The Morgan fingerprint density at radius 1 is 1.00 bits per heavy atom. The third kappa shape index (κ3) is 4.34. The van der Waals surface area contributed by atoms with Gasteiger partial charge in [-0.15, -0.1) is 11.3 Å². The van der Waals surface area contributed by atoms with Crippen molar-refractivity contribution in [3.63, 3.8) is 0 Å². The molecular formula is C21H22N4OS. The van der Waals surface area contributed by atoms with E-state index in [9.17, 15) is 4.79 Å². The van der Waals surface area contributed by atoms with Crippen molar-refractivity contribution in [2.24, 2.45) is 0 Å². The van der Waals surface area contributed by atoms with E-state index in [2.05, 4.69) is 32.4 Å². The van der Waals surface area contributed by atoms with Crippen LogP contribution in [0.5, 0.6) is 0 Å². The number of carbonyl (C=O) groups excluding carboxylic acids is 1. The van der Waals surface area contributed by atoms with E-state index in [0.717, 1.165) is 48.3 Å². The Morgan fingerprint density at radius 2 is 1.78 bits per heavy atom. The first-order valence-corrected chi connectivity index (χ1v) is 10.1. The summed E-state index contributed by atoms with van der Waals surface area (Å²) in [6, 6.07) is 16.1. The Labute approximate surface area is 163 Å². The Bertz CT molecular complexity index is 873. The van der Waals surface area contributed by atoms with Gasteiger partial charge in [-0.3, -0.25) is 4.79 Å². The average molecular weight is 379 g/mol. The average Bonchev–Trinajstić information content (AvgIpc) is 3.22. The molecule has 0 N–H and O–H groups in total. The summed E-state index contributed by atoms with van der Waals surface area (Å²) in [5, 5.41) is 3.09. The van der Waals surface area contributed by atoms with Gasteiger partial charge in [-0.1, -0.05) is 36.4 Å². The monoisotopic (exact) mass is 378 g/mol. The Balaban J connectivity index is 1.27. The quantitative estimate of drug-likeness (QED) is 0.682. The van der Waals surface area contributed by atoms with E-state index in [1.807, 2.05) is 47.5 Å². The highest BCUT2D eigenvalue weighted by Crippen LogP contribution is 2.22. The highest BCUT2D eigenvalue weighted by Gasteiger charge is 2.21. The van der Waals surface area contributed by atoms with E-state index < -0.39 is 0 Å². The number of pyridine rings is 1. The lowest BCUT2D eigenvalue weighted by Crippen LogP contribution is -2.49. The van der Waals surface area contributed by atoms with E-state index in [0.29, 0.717) is 12.8 Å².